The van der Waals surface area contributed by atoms with Gasteiger partial charge in [0, 0.05) is 24.0 Å². The number of benzene rings is 1. The second-order valence-electron chi connectivity index (χ2n) is 7.36. The summed E-state index contributed by atoms with van der Waals surface area (Å²) < 4.78 is 5.38. The SMILES string of the molecule is CC(C)(C)c1noc(-c2ccccc2C(=O)N[C@@H]2C=C[C@H](CO)C2)n1. The molecule has 1 aromatic heterocycles. The molecule has 1 aliphatic rings. The lowest BCUT2D eigenvalue weighted by atomic mass is 9.96. The van der Waals surface area contributed by atoms with Gasteiger partial charge in [-0.25, -0.2) is 0 Å². The highest BCUT2D eigenvalue weighted by Crippen LogP contribution is 2.26. The Morgan fingerprint density at radius 2 is 2.08 bits per heavy atom. The lowest BCUT2D eigenvalue weighted by Crippen LogP contribution is -2.33. The molecular weight excluding hydrogens is 318 g/mol. The predicted molar refractivity (Wildman–Crippen MR) is 94.0 cm³/mol. The maximum absolute atomic E-state index is 12.7. The zero-order chi connectivity index (χ0) is 18.0. The second kappa shape index (κ2) is 6.80. The molecule has 0 saturated carbocycles. The summed E-state index contributed by atoms with van der Waals surface area (Å²) in [5.41, 5.74) is 0.878. The molecule has 0 bridgehead atoms. The van der Waals surface area contributed by atoms with Crippen molar-refractivity contribution in [2.75, 3.05) is 6.61 Å². The lowest BCUT2D eigenvalue weighted by molar-refractivity contribution is 0.0941. The number of rotatable bonds is 4. The second-order valence-corrected chi connectivity index (χ2v) is 7.36. The maximum atomic E-state index is 12.7. The van der Waals surface area contributed by atoms with E-state index >= 15 is 0 Å². The van der Waals surface area contributed by atoms with Gasteiger partial charge < -0.3 is 14.9 Å². The fraction of sp³-hybridized carbons (Fsp3) is 0.421. The van der Waals surface area contributed by atoms with Gasteiger partial charge in [-0.2, -0.15) is 4.98 Å². The minimum atomic E-state index is -0.229. The van der Waals surface area contributed by atoms with Gasteiger partial charge in [0.05, 0.1) is 11.1 Å². The van der Waals surface area contributed by atoms with Crippen LogP contribution in [0.15, 0.2) is 40.9 Å². The number of nitrogens with zero attached hydrogens (tertiary/aromatic N) is 2. The molecule has 2 N–H and O–H groups in total. The normalized spacial score (nSPS) is 20.0. The Bertz CT molecular complexity index is 789. The van der Waals surface area contributed by atoms with Gasteiger partial charge in [-0.1, -0.05) is 50.2 Å². The topological polar surface area (TPSA) is 88.2 Å². The molecule has 0 saturated heterocycles. The van der Waals surface area contributed by atoms with E-state index in [0.717, 1.165) is 0 Å². The summed E-state index contributed by atoms with van der Waals surface area (Å²) in [6.45, 7) is 6.11. The van der Waals surface area contributed by atoms with Crippen LogP contribution in [-0.4, -0.2) is 33.8 Å². The van der Waals surface area contributed by atoms with Crippen LogP contribution < -0.4 is 5.32 Å². The molecule has 3 rings (SSSR count). The van der Waals surface area contributed by atoms with Gasteiger partial charge in [-0.15, -0.1) is 0 Å². The average molecular weight is 341 g/mol. The summed E-state index contributed by atoms with van der Waals surface area (Å²) in [6, 6.07) is 7.11. The Morgan fingerprint density at radius 1 is 1.32 bits per heavy atom. The Hall–Kier alpha value is -2.47. The summed E-state index contributed by atoms with van der Waals surface area (Å²) in [5, 5.41) is 16.2. The van der Waals surface area contributed by atoms with Crippen molar-refractivity contribution < 1.29 is 14.4 Å². The van der Waals surface area contributed by atoms with E-state index in [-0.39, 0.29) is 29.9 Å². The first-order chi connectivity index (χ1) is 11.9. The van der Waals surface area contributed by atoms with Crippen molar-refractivity contribution in [3.05, 3.63) is 47.8 Å². The highest BCUT2D eigenvalue weighted by molar-refractivity contribution is 6.00. The van der Waals surface area contributed by atoms with Crippen molar-refractivity contribution in [3.8, 4) is 11.5 Å². The summed E-state index contributed by atoms with van der Waals surface area (Å²) in [4.78, 5) is 17.1. The zero-order valence-electron chi connectivity index (χ0n) is 14.7. The summed E-state index contributed by atoms with van der Waals surface area (Å²) in [6.07, 6.45) is 4.56. The molecule has 1 aromatic carbocycles. The van der Waals surface area contributed by atoms with Crippen LogP contribution in [0.5, 0.6) is 0 Å². The monoisotopic (exact) mass is 341 g/mol. The Balaban J connectivity index is 1.83. The smallest absolute Gasteiger partial charge is 0.258 e. The number of hydrogen-bond acceptors (Lipinski definition) is 5. The third kappa shape index (κ3) is 3.79. The van der Waals surface area contributed by atoms with Gasteiger partial charge in [0.25, 0.3) is 11.8 Å². The van der Waals surface area contributed by atoms with Crippen molar-refractivity contribution in [2.45, 2.75) is 38.6 Å². The van der Waals surface area contributed by atoms with Crippen LogP contribution in [0.4, 0.5) is 0 Å². The molecule has 25 heavy (non-hydrogen) atoms. The number of amides is 1. The highest BCUT2D eigenvalue weighted by atomic mass is 16.5. The maximum Gasteiger partial charge on any atom is 0.258 e. The highest BCUT2D eigenvalue weighted by Gasteiger charge is 2.25. The molecule has 6 nitrogen and oxygen atoms in total. The molecule has 0 spiro atoms. The average Bonchev–Trinajstić information content (AvgIpc) is 3.23. The van der Waals surface area contributed by atoms with Gasteiger partial charge in [0.2, 0.25) is 0 Å². The molecule has 0 fully saturated rings. The standard InChI is InChI=1S/C19H23N3O3/c1-19(2,3)18-21-17(25-22-18)15-7-5-4-6-14(15)16(24)20-13-9-8-12(10-13)11-23/h4-9,12-13,23H,10-11H2,1-3H3,(H,20,24)/t12-,13+/m0/s1. The van der Waals surface area contributed by atoms with Crippen molar-refractivity contribution in [3.63, 3.8) is 0 Å². The van der Waals surface area contributed by atoms with Gasteiger partial charge in [0.15, 0.2) is 5.82 Å². The van der Waals surface area contributed by atoms with E-state index in [9.17, 15) is 9.90 Å². The minimum absolute atomic E-state index is 0.0782. The van der Waals surface area contributed by atoms with E-state index in [1.54, 1.807) is 18.2 Å². The summed E-state index contributed by atoms with van der Waals surface area (Å²) >= 11 is 0. The predicted octanol–water partition coefficient (Wildman–Crippen LogP) is 2.70. The van der Waals surface area contributed by atoms with Gasteiger partial charge >= 0.3 is 0 Å². The van der Waals surface area contributed by atoms with Crippen LogP contribution >= 0.6 is 0 Å². The van der Waals surface area contributed by atoms with Crippen LogP contribution in [0.3, 0.4) is 0 Å². The molecule has 2 aromatic rings. The fourth-order valence-electron chi connectivity index (χ4n) is 2.77. The Labute approximate surface area is 146 Å². The van der Waals surface area contributed by atoms with Crippen molar-refractivity contribution in [1.82, 2.24) is 15.5 Å². The first kappa shape index (κ1) is 17.4. The number of carbonyl (C=O) groups is 1. The third-order valence-corrected chi connectivity index (χ3v) is 4.22. The lowest BCUT2D eigenvalue weighted by Gasteiger charge is -2.14. The third-order valence-electron chi connectivity index (χ3n) is 4.22. The van der Waals surface area contributed by atoms with Crippen LogP contribution in [0.2, 0.25) is 0 Å². The number of hydrogen-bond donors (Lipinski definition) is 2. The van der Waals surface area contributed by atoms with E-state index in [0.29, 0.717) is 29.3 Å². The number of aromatic nitrogens is 2. The molecule has 6 heteroatoms. The molecule has 1 aliphatic carbocycles. The minimum Gasteiger partial charge on any atom is -0.396 e. The van der Waals surface area contributed by atoms with Crippen molar-refractivity contribution >= 4 is 5.91 Å². The molecule has 1 amide bonds. The zero-order valence-corrected chi connectivity index (χ0v) is 14.7. The molecule has 132 valence electrons. The molecule has 0 aliphatic heterocycles. The number of aliphatic hydroxyl groups is 1. The van der Waals surface area contributed by atoms with E-state index in [1.165, 1.54) is 0 Å². The Morgan fingerprint density at radius 3 is 2.72 bits per heavy atom. The molecule has 0 radical (unpaired) electrons. The number of nitrogens with one attached hydrogen (secondary N) is 1. The van der Waals surface area contributed by atoms with E-state index in [2.05, 4.69) is 15.5 Å². The molecular formula is C19H23N3O3. The van der Waals surface area contributed by atoms with Gasteiger partial charge in [-0.05, 0) is 18.6 Å². The van der Waals surface area contributed by atoms with Crippen molar-refractivity contribution in [1.29, 1.82) is 0 Å². The summed E-state index contributed by atoms with van der Waals surface area (Å²) in [5.74, 6) is 0.846. The first-order valence-corrected chi connectivity index (χ1v) is 8.42. The fourth-order valence-corrected chi connectivity index (χ4v) is 2.77. The van der Waals surface area contributed by atoms with Gasteiger partial charge in [-0.3, -0.25) is 4.79 Å². The Kier molecular flexibility index (Phi) is 4.72. The summed E-state index contributed by atoms with van der Waals surface area (Å²) in [7, 11) is 0. The quantitative estimate of drug-likeness (QED) is 0.835. The van der Waals surface area contributed by atoms with Crippen LogP contribution in [-0.2, 0) is 5.41 Å². The van der Waals surface area contributed by atoms with E-state index < -0.39 is 0 Å². The van der Waals surface area contributed by atoms with Crippen molar-refractivity contribution in [2.24, 2.45) is 5.92 Å². The number of aliphatic hydroxyl groups excluding tert-OH is 1. The van der Waals surface area contributed by atoms with Crippen LogP contribution in [0.1, 0.15) is 43.4 Å². The largest absolute Gasteiger partial charge is 0.396 e. The first-order valence-electron chi connectivity index (χ1n) is 8.42. The van der Waals surface area contributed by atoms with E-state index in [4.69, 9.17) is 4.52 Å². The van der Waals surface area contributed by atoms with Crippen LogP contribution in [0.25, 0.3) is 11.5 Å². The molecule has 1 heterocycles. The molecule has 0 unspecified atom stereocenters. The number of carbonyl (C=O) groups excluding carboxylic acids is 1. The van der Waals surface area contributed by atoms with Crippen LogP contribution in [0, 0.1) is 5.92 Å². The van der Waals surface area contributed by atoms with Gasteiger partial charge in [0.1, 0.15) is 0 Å². The molecule has 2 atom stereocenters. The van der Waals surface area contributed by atoms with E-state index in [1.807, 2.05) is 39.0 Å².